The minimum absolute atomic E-state index is 0.0468. The number of aryl methyl sites for hydroxylation is 1. The highest BCUT2D eigenvalue weighted by molar-refractivity contribution is 6.31. The van der Waals surface area contributed by atoms with E-state index in [4.69, 9.17) is 21.3 Å². The van der Waals surface area contributed by atoms with Crippen LogP contribution < -0.4 is 9.64 Å². The monoisotopic (exact) mass is 466 g/mol. The number of carbonyl (C=O) groups excluding carboxylic acids is 2. The maximum absolute atomic E-state index is 13.2. The zero-order chi connectivity index (χ0) is 23.1. The summed E-state index contributed by atoms with van der Waals surface area (Å²) in [4.78, 5) is 37.7. The number of amides is 2. The number of nitrogens with one attached hydrogen (secondary N) is 1. The summed E-state index contributed by atoms with van der Waals surface area (Å²) < 4.78 is 5.40. The number of aromatic amines is 1. The van der Waals surface area contributed by atoms with Crippen LogP contribution in [0.15, 0.2) is 36.4 Å². The van der Waals surface area contributed by atoms with Crippen molar-refractivity contribution < 1.29 is 14.3 Å². The first kappa shape index (κ1) is 21.8. The van der Waals surface area contributed by atoms with Gasteiger partial charge in [0.05, 0.1) is 29.7 Å². The molecule has 1 atom stereocenters. The SMILES string of the molecule is COc1ccc(Cl)cc1N1CC(C(=O)N2CCC(c3nc4ccc(C)cc4[nH]3)CC2)CC1=O. The molecule has 1 unspecified atom stereocenters. The Balaban J connectivity index is 1.24. The van der Waals surface area contributed by atoms with Crippen LogP contribution in [0.25, 0.3) is 11.0 Å². The first-order chi connectivity index (χ1) is 15.9. The summed E-state index contributed by atoms with van der Waals surface area (Å²) in [5.41, 5.74) is 3.86. The highest BCUT2D eigenvalue weighted by Gasteiger charge is 2.39. The number of H-pyrrole nitrogens is 1. The second-order valence-electron chi connectivity index (χ2n) is 8.96. The molecule has 1 N–H and O–H groups in total. The van der Waals surface area contributed by atoms with Crippen LogP contribution in [0.4, 0.5) is 5.69 Å². The smallest absolute Gasteiger partial charge is 0.228 e. The van der Waals surface area contributed by atoms with Crippen molar-refractivity contribution in [3.8, 4) is 5.75 Å². The maximum Gasteiger partial charge on any atom is 0.228 e. The van der Waals surface area contributed by atoms with Crippen molar-refractivity contribution in [2.75, 3.05) is 31.6 Å². The zero-order valence-corrected chi connectivity index (χ0v) is 19.6. The molecule has 0 radical (unpaired) electrons. The fraction of sp³-hybridized carbons (Fsp3) is 0.400. The summed E-state index contributed by atoms with van der Waals surface area (Å²) in [6.07, 6.45) is 1.92. The topological polar surface area (TPSA) is 78.5 Å². The molecule has 5 rings (SSSR count). The number of hydrogen-bond donors (Lipinski definition) is 1. The van der Waals surface area contributed by atoms with E-state index in [0.29, 0.717) is 42.0 Å². The van der Waals surface area contributed by atoms with Crippen LogP contribution in [0.2, 0.25) is 5.02 Å². The first-order valence-electron chi connectivity index (χ1n) is 11.3. The lowest BCUT2D eigenvalue weighted by molar-refractivity contribution is -0.136. The third-order valence-corrected chi connectivity index (χ3v) is 6.99. The van der Waals surface area contributed by atoms with E-state index in [9.17, 15) is 9.59 Å². The molecule has 2 saturated heterocycles. The molecule has 1 aromatic heterocycles. The molecule has 2 aromatic carbocycles. The van der Waals surface area contributed by atoms with Gasteiger partial charge in [0.1, 0.15) is 11.6 Å². The number of benzene rings is 2. The van der Waals surface area contributed by atoms with E-state index < -0.39 is 0 Å². The Hall–Kier alpha value is -3.06. The number of halogens is 1. The van der Waals surface area contributed by atoms with Crippen LogP contribution >= 0.6 is 11.6 Å². The minimum Gasteiger partial charge on any atom is -0.495 e. The highest BCUT2D eigenvalue weighted by Crippen LogP contribution is 2.36. The summed E-state index contributed by atoms with van der Waals surface area (Å²) in [6.45, 7) is 3.76. The summed E-state index contributed by atoms with van der Waals surface area (Å²) in [6, 6.07) is 11.4. The number of rotatable bonds is 4. The van der Waals surface area contributed by atoms with Crippen LogP contribution in [0.1, 0.15) is 36.6 Å². The van der Waals surface area contributed by atoms with E-state index in [-0.39, 0.29) is 24.2 Å². The molecule has 0 bridgehead atoms. The minimum atomic E-state index is -0.355. The van der Waals surface area contributed by atoms with Crippen molar-refractivity contribution in [1.29, 1.82) is 0 Å². The summed E-state index contributed by atoms with van der Waals surface area (Å²) in [5.74, 6) is 1.48. The van der Waals surface area contributed by atoms with E-state index >= 15 is 0 Å². The Morgan fingerprint density at radius 3 is 2.73 bits per heavy atom. The molecule has 172 valence electrons. The number of imidazole rings is 1. The molecule has 0 saturated carbocycles. The molecule has 2 aliphatic heterocycles. The Kier molecular flexibility index (Phi) is 5.74. The number of nitrogens with zero attached hydrogens (tertiary/aromatic N) is 3. The van der Waals surface area contributed by atoms with Gasteiger partial charge in [-0.15, -0.1) is 0 Å². The normalized spacial score (nSPS) is 19.5. The zero-order valence-electron chi connectivity index (χ0n) is 18.8. The Morgan fingerprint density at radius 2 is 1.97 bits per heavy atom. The van der Waals surface area contributed by atoms with Crippen molar-refractivity contribution in [3.05, 3.63) is 52.8 Å². The highest BCUT2D eigenvalue weighted by atomic mass is 35.5. The van der Waals surface area contributed by atoms with Crippen LogP contribution in [0.5, 0.6) is 5.75 Å². The Labute approximate surface area is 197 Å². The molecule has 2 fully saturated rings. The predicted octanol–water partition coefficient (Wildman–Crippen LogP) is 4.29. The molecular formula is C25H27ClN4O3. The Bertz CT molecular complexity index is 1220. The van der Waals surface area contributed by atoms with Gasteiger partial charge < -0.3 is 19.5 Å². The number of ether oxygens (including phenoxy) is 1. The predicted molar refractivity (Wildman–Crippen MR) is 128 cm³/mol. The van der Waals surface area contributed by atoms with E-state index in [2.05, 4.69) is 24.0 Å². The standard InChI is InChI=1S/C25H27ClN4O3/c1-15-3-5-19-20(11-15)28-24(27-19)16-7-9-29(10-8-16)25(32)17-12-23(31)30(14-17)21-13-18(26)4-6-22(21)33-2/h3-6,11,13,16-17H,7-10,12,14H2,1-2H3,(H,27,28). The van der Waals surface area contributed by atoms with E-state index in [1.165, 1.54) is 5.56 Å². The molecule has 2 aliphatic rings. The van der Waals surface area contributed by atoms with Crippen molar-refractivity contribution in [1.82, 2.24) is 14.9 Å². The summed E-state index contributed by atoms with van der Waals surface area (Å²) in [5, 5.41) is 0.524. The van der Waals surface area contributed by atoms with Crippen LogP contribution in [-0.2, 0) is 9.59 Å². The maximum atomic E-state index is 13.2. The lowest BCUT2D eigenvalue weighted by Crippen LogP contribution is -2.42. The first-order valence-corrected chi connectivity index (χ1v) is 11.7. The lowest BCUT2D eigenvalue weighted by atomic mass is 9.95. The number of methoxy groups -OCH3 is 1. The number of hydrogen-bond acceptors (Lipinski definition) is 4. The molecule has 8 heteroatoms. The lowest BCUT2D eigenvalue weighted by Gasteiger charge is -2.32. The van der Waals surface area contributed by atoms with Gasteiger partial charge in [-0.05, 0) is 55.7 Å². The van der Waals surface area contributed by atoms with Gasteiger partial charge in [0.25, 0.3) is 0 Å². The number of piperidine rings is 1. The van der Waals surface area contributed by atoms with Gasteiger partial charge in [-0.25, -0.2) is 4.98 Å². The number of anilines is 1. The summed E-state index contributed by atoms with van der Waals surface area (Å²) in [7, 11) is 1.56. The van der Waals surface area contributed by atoms with E-state index in [1.54, 1.807) is 30.2 Å². The number of fused-ring (bicyclic) bond motifs is 1. The van der Waals surface area contributed by atoms with Crippen LogP contribution in [0, 0.1) is 12.8 Å². The quantitative estimate of drug-likeness (QED) is 0.622. The summed E-state index contributed by atoms with van der Waals surface area (Å²) >= 11 is 6.14. The fourth-order valence-electron chi connectivity index (χ4n) is 4.95. The van der Waals surface area contributed by atoms with Gasteiger partial charge in [-0.3, -0.25) is 9.59 Å². The van der Waals surface area contributed by atoms with Gasteiger partial charge in [0, 0.05) is 37.0 Å². The average Bonchev–Trinajstić information content (AvgIpc) is 3.41. The van der Waals surface area contributed by atoms with Crippen molar-refractivity contribution in [2.45, 2.75) is 32.1 Å². The van der Waals surface area contributed by atoms with E-state index in [0.717, 1.165) is 29.7 Å². The Morgan fingerprint density at radius 1 is 1.18 bits per heavy atom. The molecule has 7 nitrogen and oxygen atoms in total. The van der Waals surface area contributed by atoms with E-state index in [1.807, 2.05) is 11.0 Å². The molecule has 3 heterocycles. The average molecular weight is 467 g/mol. The fourth-order valence-corrected chi connectivity index (χ4v) is 5.11. The number of carbonyl (C=O) groups is 2. The number of aromatic nitrogens is 2. The van der Waals surface area contributed by atoms with Crippen molar-refractivity contribution >= 4 is 40.1 Å². The van der Waals surface area contributed by atoms with Gasteiger partial charge in [0.2, 0.25) is 11.8 Å². The van der Waals surface area contributed by atoms with Gasteiger partial charge in [-0.1, -0.05) is 17.7 Å². The van der Waals surface area contributed by atoms with Crippen LogP contribution in [-0.4, -0.2) is 53.4 Å². The molecule has 2 amide bonds. The third kappa shape index (κ3) is 4.17. The van der Waals surface area contributed by atoms with Crippen molar-refractivity contribution in [3.63, 3.8) is 0 Å². The third-order valence-electron chi connectivity index (χ3n) is 6.75. The molecule has 0 spiro atoms. The second-order valence-corrected chi connectivity index (χ2v) is 9.40. The second kappa shape index (κ2) is 8.71. The molecular weight excluding hydrogens is 440 g/mol. The van der Waals surface area contributed by atoms with Crippen molar-refractivity contribution in [2.24, 2.45) is 5.92 Å². The molecule has 3 aromatic rings. The molecule has 0 aliphatic carbocycles. The van der Waals surface area contributed by atoms with Crippen LogP contribution in [0.3, 0.4) is 0 Å². The largest absolute Gasteiger partial charge is 0.495 e. The van der Waals surface area contributed by atoms with Gasteiger partial charge in [0.15, 0.2) is 0 Å². The number of likely N-dealkylation sites (tertiary alicyclic amines) is 1. The molecule has 33 heavy (non-hydrogen) atoms. The van der Waals surface area contributed by atoms with Gasteiger partial charge >= 0.3 is 0 Å². The van der Waals surface area contributed by atoms with Gasteiger partial charge in [-0.2, -0.15) is 0 Å².